The normalized spacial score (nSPS) is 17.7. The van der Waals surface area contributed by atoms with Gasteiger partial charge in [-0.25, -0.2) is 9.78 Å². The first-order valence-corrected chi connectivity index (χ1v) is 10.3. The molecule has 4 amide bonds. The topological polar surface area (TPSA) is 115 Å². The third-order valence-corrected chi connectivity index (χ3v) is 5.99. The van der Waals surface area contributed by atoms with E-state index in [1.165, 1.54) is 0 Å². The van der Waals surface area contributed by atoms with Crippen LogP contribution in [0.1, 0.15) is 44.9 Å². The van der Waals surface area contributed by atoms with Crippen molar-refractivity contribution < 1.29 is 14.4 Å². The fourth-order valence-corrected chi connectivity index (χ4v) is 4.33. The van der Waals surface area contributed by atoms with Crippen LogP contribution in [0, 0.1) is 0 Å². The molecule has 0 bridgehead atoms. The molecule has 0 radical (unpaired) electrons. The summed E-state index contributed by atoms with van der Waals surface area (Å²) < 4.78 is 0. The SMILES string of the molecule is CCN(Cc1nc2ccccc2c(=O)[nH]1)C(=O)CCN1C(=O)NC2(CCCC2)C1=O. The maximum Gasteiger partial charge on any atom is 0.325 e. The lowest BCUT2D eigenvalue weighted by Gasteiger charge is -2.22. The summed E-state index contributed by atoms with van der Waals surface area (Å²) in [5.74, 6) is -0.0311. The third kappa shape index (κ3) is 3.55. The number of carbonyl (C=O) groups is 3. The number of H-pyrrole nitrogens is 1. The highest BCUT2D eigenvalue weighted by molar-refractivity contribution is 6.07. The van der Waals surface area contributed by atoms with Crippen LogP contribution in [0.2, 0.25) is 0 Å². The van der Waals surface area contributed by atoms with Gasteiger partial charge >= 0.3 is 6.03 Å². The molecule has 1 saturated heterocycles. The molecule has 1 aromatic carbocycles. The molecular weight excluding hydrogens is 386 g/mol. The van der Waals surface area contributed by atoms with E-state index in [-0.39, 0.29) is 36.9 Å². The number of rotatable bonds is 6. The van der Waals surface area contributed by atoms with E-state index in [0.29, 0.717) is 36.1 Å². The number of urea groups is 1. The Hall–Kier alpha value is -3.23. The van der Waals surface area contributed by atoms with Crippen molar-refractivity contribution in [3.8, 4) is 0 Å². The standard InChI is InChI=1S/C21H25N5O4/c1-2-25(13-16-22-15-8-4-3-7-14(15)18(28)23-16)17(27)9-12-26-19(29)21(24-20(26)30)10-5-6-11-21/h3-4,7-8H,2,5-6,9-13H2,1H3,(H,24,30)(H,22,23,28). The van der Waals surface area contributed by atoms with Gasteiger partial charge in [0.1, 0.15) is 11.4 Å². The molecule has 2 heterocycles. The molecule has 1 aliphatic carbocycles. The average Bonchev–Trinajstić information content (AvgIpc) is 3.29. The van der Waals surface area contributed by atoms with Gasteiger partial charge in [-0.3, -0.25) is 19.3 Å². The van der Waals surface area contributed by atoms with Crippen LogP contribution in [-0.2, 0) is 16.1 Å². The second-order valence-electron chi connectivity index (χ2n) is 7.86. The van der Waals surface area contributed by atoms with Gasteiger partial charge in [0.05, 0.1) is 17.4 Å². The summed E-state index contributed by atoms with van der Waals surface area (Å²) in [5.41, 5.74) is -0.444. The molecular formula is C21H25N5O4. The van der Waals surface area contributed by atoms with Gasteiger partial charge in [-0.05, 0) is 31.9 Å². The highest BCUT2D eigenvalue weighted by atomic mass is 16.2. The van der Waals surface area contributed by atoms with E-state index >= 15 is 0 Å². The lowest BCUT2D eigenvalue weighted by molar-refractivity contribution is -0.134. The Bertz CT molecular complexity index is 1060. The number of benzene rings is 1. The Morgan fingerprint density at radius 3 is 2.67 bits per heavy atom. The van der Waals surface area contributed by atoms with Crippen molar-refractivity contribution in [2.75, 3.05) is 13.1 Å². The summed E-state index contributed by atoms with van der Waals surface area (Å²) >= 11 is 0. The van der Waals surface area contributed by atoms with E-state index in [0.717, 1.165) is 17.7 Å². The number of hydrogen-bond acceptors (Lipinski definition) is 5. The Morgan fingerprint density at radius 2 is 1.93 bits per heavy atom. The highest BCUT2D eigenvalue weighted by Crippen LogP contribution is 2.35. The molecule has 2 N–H and O–H groups in total. The van der Waals surface area contributed by atoms with Crippen LogP contribution >= 0.6 is 0 Å². The molecule has 9 heteroatoms. The van der Waals surface area contributed by atoms with E-state index in [4.69, 9.17) is 0 Å². The highest BCUT2D eigenvalue weighted by Gasteiger charge is 2.52. The zero-order valence-corrected chi connectivity index (χ0v) is 16.9. The van der Waals surface area contributed by atoms with Crippen LogP contribution in [0.15, 0.2) is 29.1 Å². The zero-order valence-electron chi connectivity index (χ0n) is 16.9. The maximum absolute atomic E-state index is 12.7. The molecule has 4 rings (SSSR count). The summed E-state index contributed by atoms with van der Waals surface area (Å²) in [6.07, 6.45) is 3.17. The van der Waals surface area contributed by atoms with Crippen molar-refractivity contribution in [2.24, 2.45) is 0 Å². The van der Waals surface area contributed by atoms with Gasteiger partial charge in [0, 0.05) is 19.5 Å². The number of hydrogen-bond donors (Lipinski definition) is 2. The van der Waals surface area contributed by atoms with Crippen molar-refractivity contribution >= 4 is 28.7 Å². The number of aromatic amines is 1. The molecule has 1 saturated carbocycles. The molecule has 158 valence electrons. The predicted molar refractivity (Wildman–Crippen MR) is 110 cm³/mol. The van der Waals surface area contributed by atoms with Crippen molar-refractivity contribution in [1.29, 1.82) is 0 Å². The van der Waals surface area contributed by atoms with Gasteiger partial charge in [-0.1, -0.05) is 25.0 Å². The number of carbonyl (C=O) groups excluding carboxylic acids is 3. The second kappa shape index (κ2) is 7.89. The van der Waals surface area contributed by atoms with Gasteiger partial charge < -0.3 is 15.2 Å². The average molecular weight is 411 g/mol. The number of nitrogens with zero attached hydrogens (tertiary/aromatic N) is 3. The monoisotopic (exact) mass is 411 g/mol. The van der Waals surface area contributed by atoms with Crippen LogP contribution in [0.4, 0.5) is 4.79 Å². The van der Waals surface area contributed by atoms with Crippen LogP contribution in [0.3, 0.4) is 0 Å². The molecule has 2 fully saturated rings. The summed E-state index contributed by atoms with van der Waals surface area (Å²) in [6, 6.07) is 6.60. The summed E-state index contributed by atoms with van der Waals surface area (Å²) in [4.78, 5) is 59.9. The Labute approximate surface area is 173 Å². The maximum atomic E-state index is 12.7. The van der Waals surface area contributed by atoms with E-state index in [2.05, 4.69) is 15.3 Å². The largest absolute Gasteiger partial charge is 0.335 e. The lowest BCUT2D eigenvalue weighted by Crippen LogP contribution is -2.44. The first kappa shape index (κ1) is 20.1. The first-order chi connectivity index (χ1) is 14.4. The van der Waals surface area contributed by atoms with Crippen LogP contribution in [0.5, 0.6) is 0 Å². The Kier molecular flexibility index (Phi) is 5.27. The Morgan fingerprint density at radius 1 is 1.20 bits per heavy atom. The number of fused-ring (bicyclic) bond motifs is 1. The van der Waals surface area contributed by atoms with E-state index < -0.39 is 11.6 Å². The van der Waals surface area contributed by atoms with Crippen LogP contribution in [-0.4, -0.2) is 56.2 Å². The number of aromatic nitrogens is 2. The molecule has 0 unspecified atom stereocenters. The minimum absolute atomic E-state index is 0.0287. The summed E-state index contributed by atoms with van der Waals surface area (Å²) in [6.45, 7) is 2.45. The smallest absolute Gasteiger partial charge is 0.325 e. The summed E-state index contributed by atoms with van der Waals surface area (Å²) in [5, 5.41) is 3.32. The molecule has 2 aromatic rings. The van der Waals surface area contributed by atoms with Gasteiger partial charge in [-0.15, -0.1) is 0 Å². The van der Waals surface area contributed by atoms with Crippen LogP contribution < -0.4 is 10.9 Å². The fraction of sp³-hybridized carbons (Fsp3) is 0.476. The number of imide groups is 1. The summed E-state index contributed by atoms with van der Waals surface area (Å²) in [7, 11) is 0. The van der Waals surface area contributed by atoms with Gasteiger partial charge in [0.2, 0.25) is 5.91 Å². The number of nitrogens with one attached hydrogen (secondary N) is 2. The van der Waals surface area contributed by atoms with E-state index in [9.17, 15) is 19.2 Å². The number of amides is 4. The van der Waals surface area contributed by atoms with E-state index in [1.807, 2.05) is 6.92 Å². The molecule has 2 aliphatic rings. The zero-order chi connectivity index (χ0) is 21.3. The quantitative estimate of drug-likeness (QED) is 0.700. The lowest BCUT2D eigenvalue weighted by atomic mass is 9.98. The van der Waals surface area contributed by atoms with Crippen molar-refractivity contribution in [3.05, 3.63) is 40.4 Å². The molecule has 1 aliphatic heterocycles. The Balaban J connectivity index is 1.42. The van der Waals surface area contributed by atoms with Crippen molar-refractivity contribution in [1.82, 2.24) is 25.1 Å². The molecule has 30 heavy (non-hydrogen) atoms. The molecule has 1 aromatic heterocycles. The first-order valence-electron chi connectivity index (χ1n) is 10.3. The molecule has 0 atom stereocenters. The predicted octanol–water partition coefficient (Wildman–Crippen LogP) is 1.53. The van der Waals surface area contributed by atoms with Crippen LogP contribution in [0.25, 0.3) is 10.9 Å². The third-order valence-electron chi connectivity index (χ3n) is 5.99. The van der Waals surface area contributed by atoms with Gasteiger partial charge in [-0.2, -0.15) is 0 Å². The fourth-order valence-electron chi connectivity index (χ4n) is 4.33. The minimum Gasteiger partial charge on any atom is -0.335 e. The second-order valence-corrected chi connectivity index (χ2v) is 7.86. The molecule has 9 nitrogen and oxygen atoms in total. The van der Waals surface area contributed by atoms with Crippen molar-refractivity contribution in [2.45, 2.75) is 51.1 Å². The minimum atomic E-state index is -0.765. The molecule has 1 spiro atoms. The van der Waals surface area contributed by atoms with Gasteiger partial charge in [0.25, 0.3) is 11.5 Å². The van der Waals surface area contributed by atoms with E-state index in [1.54, 1.807) is 29.2 Å². The van der Waals surface area contributed by atoms with Gasteiger partial charge in [0.15, 0.2) is 0 Å². The van der Waals surface area contributed by atoms with Crippen molar-refractivity contribution in [3.63, 3.8) is 0 Å². The number of para-hydroxylation sites is 1.